The molecule has 0 bridgehead atoms. The van der Waals surface area contributed by atoms with Gasteiger partial charge in [-0.3, -0.25) is 9.59 Å². The number of amides is 1. The van der Waals surface area contributed by atoms with Crippen molar-refractivity contribution in [3.63, 3.8) is 0 Å². The first-order valence-corrected chi connectivity index (χ1v) is 6.37. The second-order valence-electron chi connectivity index (χ2n) is 4.36. The van der Waals surface area contributed by atoms with Gasteiger partial charge in [0.25, 0.3) is 0 Å². The van der Waals surface area contributed by atoms with Gasteiger partial charge in [-0.15, -0.1) is 0 Å². The first-order valence-electron chi connectivity index (χ1n) is 6.37. The number of carboxylic acids is 1. The predicted molar refractivity (Wildman–Crippen MR) is 73.7 cm³/mol. The zero-order valence-corrected chi connectivity index (χ0v) is 11.1. The van der Waals surface area contributed by atoms with Crippen molar-refractivity contribution >= 4 is 17.6 Å². The number of carbonyl (C=O) groups excluding carboxylic acids is 1. The van der Waals surface area contributed by atoms with Gasteiger partial charge in [-0.1, -0.05) is 12.1 Å². The number of nitrogens with two attached hydrogens (primary N) is 1. The van der Waals surface area contributed by atoms with E-state index in [1.807, 2.05) is 25.1 Å². The van der Waals surface area contributed by atoms with Gasteiger partial charge >= 0.3 is 5.97 Å². The molecule has 0 aliphatic carbocycles. The van der Waals surface area contributed by atoms with Crippen molar-refractivity contribution in [2.24, 2.45) is 0 Å². The predicted octanol–water partition coefficient (Wildman–Crippen LogP) is 1.52. The van der Waals surface area contributed by atoms with Crippen LogP contribution in [0.3, 0.4) is 0 Å². The average molecular weight is 264 g/mol. The Labute approximate surface area is 113 Å². The minimum Gasteiger partial charge on any atom is -0.481 e. The molecule has 1 aromatic rings. The standard InChI is InChI=1S/C14H20N2O3/c1-2-16(9-8-14(18)19)13(17)7-6-11-4-3-5-12(15)10-11/h3-5,10H,2,6-9,15H2,1H3,(H,18,19). The molecule has 0 aromatic heterocycles. The summed E-state index contributed by atoms with van der Waals surface area (Å²) in [6.45, 7) is 2.64. The Morgan fingerprint density at radius 1 is 1.32 bits per heavy atom. The van der Waals surface area contributed by atoms with Gasteiger partial charge in [0.2, 0.25) is 5.91 Å². The van der Waals surface area contributed by atoms with Crippen LogP contribution < -0.4 is 5.73 Å². The highest BCUT2D eigenvalue weighted by Crippen LogP contribution is 2.10. The topological polar surface area (TPSA) is 83.6 Å². The molecule has 0 fully saturated rings. The molecule has 3 N–H and O–H groups in total. The molecular formula is C14H20N2O3. The minimum atomic E-state index is -0.887. The molecule has 0 unspecified atom stereocenters. The molecule has 1 rings (SSSR count). The highest BCUT2D eigenvalue weighted by Gasteiger charge is 2.12. The number of nitrogens with zero attached hydrogens (tertiary/aromatic N) is 1. The van der Waals surface area contributed by atoms with E-state index in [1.54, 1.807) is 11.0 Å². The summed E-state index contributed by atoms with van der Waals surface area (Å²) in [5.74, 6) is -0.909. The number of hydrogen-bond donors (Lipinski definition) is 2. The van der Waals surface area contributed by atoms with Crippen LogP contribution >= 0.6 is 0 Å². The lowest BCUT2D eigenvalue weighted by molar-refractivity contribution is -0.138. The molecule has 0 spiro atoms. The maximum absolute atomic E-state index is 11.9. The summed E-state index contributed by atoms with van der Waals surface area (Å²) >= 11 is 0. The van der Waals surface area contributed by atoms with Crippen molar-refractivity contribution in [1.82, 2.24) is 4.90 Å². The fourth-order valence-electron chi connectivity index (χ4n) is 1.85. The highest BCUT2D eigenvalue weighted by molar-refractivity contribution is 5.77. The summed E-state index contributed by atoms with van der Waals surface area (Å²) in [7, 11) is 0. The minimum absolute atomic E-state index is 0.0160. The summed E-state index contributed by atoms with van der Waals surface area (Å²) in [4.78, 5) is 24.0. The SMILES string of the molecule is CCN(CCC(=O)O)C(=O)CCc1cccc(N)c1. The Morgan fingerprint density at radius 2 is 2.05 bits per heavy atom. The smallest absolute Gasteiger partial charge is 0.305 e. The number of nitrogen functional groups attached to an aromatic ring is 1. The zero-order chi connectivity index (χ0) is 14.3. The Morgan fingerprint density at radius 3 is 2.63 bits per heavy atom. The maximum atomic E-state index is 11.9. The summed E-state index contributed by atoms with van der Waals surface area (Å²) in [5.41, 5.74) is 7.37. The van der Waals surface area contributed by atoms with E-state index in [0.29, 0.717) is 25.1 Å². The molecule has 5 heteroatoms. The number of benzene rings is 1. The molecule has 0 aliphatic heterocycles. The maximum Gasteiger partial charge on any atom is 0.305 e. The van der Waals surface area contributed by atoms with Crippen LogP contribution in [-0.4, -0.2) is 35.0 Å². The molecule has 1 amide bonds. The fraction of sp³-hybridized carbons (Fsp3) is 0.429. The number of aliphatic carboxylic acids is 1. The number of rotatable bonds is 7. The van der Waals surface area contributed by atoms with E-state index in [2.05, 4.69) is 0 Å². The van der Waals surface area contributed by atoms with Gasteiger partial charge in [0.05, 0.1) is 6.42 Å². The van der Waals surface area contributed by atoms with E-state index in [1.165, 1.54) is 0 Å². The van der Waals surface area contributed by atoms with Crippen LogP contribution in [0.4, 0.5) is 5.69 Å². The quantitative estimate of drug-likeness (QED) is 0.731. The molecular weight excluding hydrogens is 244 g/mol. The van der Waals surface area contributed by atoms with Crippen LogP contribution in [0.1, 0.15) is 25.3 Å². The average Bonchev–Trinajstić information content (AvgIpc) is 2.37. The van der Waals surface area contributed by atoms with Gasteiger partial charge < -0.3 is 15.7 Å². The third-order valence-corrected chi connectivity index (χ3v) is 2.91. The second kappa shape index (κ2) is 7.41. The van der Waals surface area contributed by atoms with Gasteiger partial charge in [0.1, 0.15) is 0 Å². The first-order chi connectivity index (χ1) is 9.02. The molecule has 1 aromatic carbocycles. The molecule has 19 heavy (non-hydrogen) atoms. The Balaban J connectivity index is 2.46. The summed E-state index contributed by atoms with van der Waals surface area (Å²) < 4.78 is 0. The monoisotopic (exact) mass is 264 g/mol. The van der Waals surface area contributed by atoms with Crippen LogP contribution in [0, 0.1) is 0 Å². The van der Waals surface area contributed by atoms with Crippen molar-refractivity contribution in [3.8, 4) is 0 Å². The van der Waals surface area contributed by atoms with E-state index < -0.39 is 5.97 Å². The molecule has 0 saturated heterocycles. The molecule has 104 valence electrons. The summed E-state index contributed by atoms with van der Waals surface area (Å²) in [5, 5.41) is 8.63. The Kier molecular flexibility index (Phi) is 5.85. The first kappa shape index (κ1) is 15.0. The van der Waals surface area contributed by atoms with Gasteiger partial charge in [0, 0.05) is 25.2 Å². The van der Waals surface area contributed by atoms with Gasteiger partial charge in [-0.2, -0.15) is 0 Å². The van der Waals surface area contributed by atoms with Crippen molar-refractivity contribution in [1.29, 1.82) is 0 Å². The van der Waals surface area contributed by atoms with E-state index in [-0.39, 0.29) is 18.9 Å². The summed E-state index contributed by atoms with van der Waals surface area (Å²) in [6.07, 6.45) is 0.974. The van der Waals surface area contributed by atoms with E-state index in [4.69, 9.17) is 10.8 Å². The molecule has 5 nitrogen and oxygen atoms in total. The van der Waals surface area contributed by atoms with Crippen molar-refractivity contribution < 1.29 is 14.7 Å². The molecule has 0 saturated carbocycles. The largest absolute Gasteiger partial charge is 0.481 e. The van der Waals surface area contributed by atoms with Crippen LogP contribution in [0.25, 0.3) is 0 Å². The van der Waals surface area contributed by atoms with Crippen LogP contribution in [0.2, 0.25) is 0 Å². The molecule has 0 aliphatic rings. The Hall–Kier alpha value is -2.04. The summed E-state index contributed by atoms with van der Waals surface area (Å²) in [6, 6.07) is 7.44. The van der Waals surface area contributed by atoms with E-state index >= 15 is 0 Å². The highest BCUT2D eigenvalue weighted by atomic mass is 16.4. The molecule has 0 radical (unpaired) electrons. The lowest BCUT2D eigenvalue weighted by atomic mass is 10.1. The fourth-order valence-corrected chi connectivity index (χ4v) is 1.85. The number of carboxylic acid groups (broad SMARTS) is 1. The van der Waals surface area contributed by atoms with E-state index in [0.717, 1.165) is 5.56 Å². The van der Waals surface area contributed by atoms with Gasteiger partial charge in [-0.25, -0.2) is 0 Å². The second-order valence-corrected chi connectivity index (χ2v) is 4.36. The van der Waals surface area contributed by atoms with E-state index in [9.17, 15) is 9.59 Å². The number of hydrogen-bond acceptors (Lipinski definition) is 3. The van der Waals surface area contributed by atoms with Gasteiger partial charge in [0.15, 0.2) is 0 Å². The molecule has 0 heterocycles. The normalized spacial score (nSPS) is 10.2. The third-order valence-electron chi connectivity index (χ3n) is 2.91. The molecule has 0 atom stereocenters. The van der Waals surface area contributed by atoms with Gasteiger partial charge in [-0.05, 0) is 31.0 Å². The number of aryl methyl sites for hydroxylation is 1. The van der Waals surface area contributed by atoms with Crippen LogP contribution in [0.15, 0.2) is 24.3 Å². The number of carbonyl (C=O) groups is 2. The lowest BCUT2D eigenvalue weighted by Gasteiger charge is -2.19. The van der Waals surface area contributed by atoms with Crippen molar-refractivity contribution in [2.45, 2.75) is 26.2 Å². The van der Waals surface area contributed by atoms with Crippen molar-refractivity contribution in [3.05, 3.63) is 29.8 Å². The van der Waals surface area contributed by atoms with Crippen molar-refractivity contribution in [2.75, 3.05) is 18.8 Å². The van der Waals surface area contributed by atoms with Crippen LogP contribution in [-0.2, 0) is 16.0 Å². The van der Waals surface area contributed by atoms with Crippen LogP contribution in [0.5, 0.6) is 0 Å². The lowest BCUT2D eigenvalue weighted by Crippen LogP contribution is -2.32. The zero-order valence-electron chi connectivity index (χ0n) is 11.1. The Bertz CT molecular complexity index is 446. The third kappa shape index (κ3) is 5.42. The number of anilines is 1.